The molecule has 220 valence electrons. The molecule has 0 atom stereocenters. The largest absolute Gasteiger partial charge is 0.545 e. The van der Waals surface area contributed by atoms with Crippen molar-refractivity contribution in [3.8, 4) is 0 Å². The van der Waals surface area contributed by atoms with Crippen molar-refractivity contribution in [2.45, 2.75) is 96.8 Å². The lowest BCUT2D eigenvalue weighted by atomic mass is 10.1. The molecular formula is C34H55NO4. The van der Waals surface area contributed by atoms with Crippen LogP contribution in [0.25, 0.3) is 10.8 Å². The van der Waals surface area contributed by atoms with Crippen LogP contribution in [0.3, 0.4) is 0 Å². The Morgan fingerprint density at radius 3 is 1.79 bits per heavy atom. The number of carbonyl (C=O) groups excluding carboxylic acids is 1. The fourth-order valence-electron chi connectivity index (χ4n) is 4.96. The zero-order chi connectivity index (χ0) is 28.6. The van der Waals surface area contributed by atoms with Gasteiger partial charge in [-0.1, -0.05) is 113 Å². The zero-order valence-electron chi connectivity index (χ0n) is 24.8. The summed E-state index contributed by atoms with van der Waals surface area (Å²) in [6.45, 7) is 5.28. The molecule has 0 aliphatic heterocycles. The quantitative estimate of drug-likeness (QED) is 0.105. The molecule has 0 aliphatic carbocycles. The molecule has 2 rings (SSSR count). The number of quaternary nitrogens is 1. The van der Waals surface area contributed by atoms with Gasteiger partial charge in [-0.2, -0.15) is 0 Å². The van der Waals surface area contributed by atoms with Crippen LogP contribution in [-0.2, 0) is 0 Å². The van der Waals surface area contributed by atoms with Gasteiger partial charge in [-0.15, -0.1) is 0 Å². The number of allylic oxidation sites excluding steroid dienone is 2. The van der Waals surface area contributed by atoms with Crippen LogP contribution in [-0.4, -0.2) is 60.6 Å². The van der Waals surface area contributed by atoms with Crippen LogP contribution >= 0.6 is 0 Å². The lowest BCUT2D eigenvalue weighted by Gasteiger charge is -2.33. The molecule has 0 aromatic heterocycles. The summed E-state index contributed by atoms with van der Waals surface area (Å²) >= 11 is 0. The lowest BCUT2D eigenvalue weighted by Crippen LogP contribution is -2.48. The third-order valence-electron chi connectivity index (χ3n) is 7.50. The van der Waals surface area contributed by atoms with E-state index >= 15 is 0 Å². The predicted molar refractivity (Wildman–Crippen MR) is 163 cm³/mol. The second kappa shape index (κ2) is 22.6. The van der Waals surface area contributed by atoms with Gasteiger partial charge in [-0.25, -0.2) is 0 Å². The molecule has 0 radical (unpaired) electrons. The molecule has 5 heteroatoms. The number of nitrogens with zero attached hydrogens (tertiary/aromatic N) is 1. The van der Waals surface area contributed by atoms with Crippen molar-refractivity contribution < 1.29 is 24.6 Å². The molecule has 0 saturated carbocycles. The Morgan fingerprint density at radius 1 is 0.718 bits per heavy atom. The minimum absolute atomic E-state index is 0.211. The van der Waals surface area contributed by atoms with E-state index < -0.39 is 5.97 Å². The van der Waals surface area contributed by atoms with Gasteiger partial charge in [0.15, 0.2) is 0 Å². The van der Waals surface area contributed by atoms with Gasteiger partial charge in [0, 0.05) is 5.56 Å². The summed E-state index contributed by atoms with van der Waals surface area (Å²) in [7, 11) is 2.14. The normalized spacial score (nSPS) is 11.6. The number of carboxylic acids is 1. The number of hydrogen-bond acceptors (Lipinski definition) is 4. The highest BCUT2D eigenvalue weighted by molar-refractivity contribution is 6.02. The van der Waals surface area contributed by atoms with Crippen LogP contribution in [0.2, 0.25) is 0 Å². The molecule has 0 unspecified atom stereocenters. The number of carboxylic acid groups (broad SMARTS) is 1. The predicted octanol–water partition coefficient (Wildman–Crippen LogP) is 6.66. The molecule has 0 fully saturated rings. The number of rotatable bonds is 21. The van der Waals surface area contributed by atoms with Crippen LogP contribution in [0.4, 0.5) is 0 Å². The first-order valence-corrected chi connectivity index (χ1v) is 15.4. The molecule has 39 heavy (non-hydrogen) atoms. The zero-order valence-corrected chi connectivity index (χ0v) is 24.8. The molecule has 0 aliphatic rings. The van der Waals surface area contributed by atoms with Crippen LogP contribution in [0.1, 0.15) is 107 Å². The van der Waals surface area contributed by atoms with Gasteiger partial charge in [0.2, 0.25) is 0 Å². The molecule has 5 nitrogen and oxygen atoms in total. The molecule has 0 bridgehead atoms. The third-order valence-corrected chi connectivity index (χ3v) is 7.50. The second-order valence-electron chi connectivity index (χ2n) is 11.0. The molecule has 0 spiro atoms. The number of carbonyl (C=O) groups is 1. The first kappa shape index (κ1) is 34.8. The third kappa shape index (κ3) is 16.5. The molecule has 2 N–H and O–H groups in total. The van der Waals surface area contributed by atoms with Gasteiger partial charge in [-0.05, 0) is 49.3 Å². The highest BCUT2D eigenvalue weighted by atomic mass is 16.4. The van der Waals surface area contributed by atoms with E-state index in [0.29, 0.717) is 0 Å². The number of benzene rings is 2. The van der Waals surface area contributed by atoms with Gasteiger partial charge >= 0.3 is 0 Å². The average Bonchev–Trinajstić information content (AvgIpc) is 2.93. The summed E-state index contributed by atoms with van der Waals surface area (Å²) in [6.07, 6.45) is 23.5. The van der Waals surface area contributed by atoms with Crippen molar-refractivity contribution in [3.05, 3.63) is 60.2 Å². The number of aliphatic hydroxyl groups excluding tert-OH is 2. The van der Waals surface area contributed by atoms with Crippen LogP contribution < -0.4 is 5.11 Å². The van der Waals surface area contributed by atoms with Gasteiger partial charge in [0.05, 0.1) is 32.8 Å². The van der Waals surface area contributed by atoms with Crippen LogP contribution in [0.5, 0.6) is 0 Å². The Kier molecular flexibility index (Phi) is 20.2. The van der Waals surface area contributed by atoms with Crippen molar-refractivity contribution in [1.29, 1.82) is 0 Å². The number of likely N-dealkylation sites (N-methyl/N-ethyl adjacent to an activating group) is 1. The van der Waals surface area contributed by atoms with Crippen LogP contribution in [0, 0.1) is 0 Å². The van der Waals surface area contributed by atoms with Gasteiger partial charge in [0.25, 0.3) is 0 Å². The maximum absolute atomic E-state index is 10.7. The molecule has 0 heterocycles. The van der Waals surface area contributed by atoms with E-state index in [0.717, 1.165) is 34.9 Å². The lowest BCUT2D eigenvalue weighted by molar-refractivity contribution is -0.910. The van der Waals surface area contributed by atoms with Gasteiger partial charge in [-0.3, -0.25) is 0 Å². The smallest absolute Gasteiger partial charge is 0.102 e. The Balaban J connectivity index is 0.000000480. The minimum Gasteiger partial charge on any atom is -0.545 e. The van der Waals surface area contributed by atoms with E-state index in [2.05, 4.69) is 26.1 Å². The summed E-state index contributed by atoms with van der Waals surface area (Å²) in [6, 6.07) is 12.5. The standard InChI is InChI=1S/C23H48NO2.C11H8O2/c1-3-4-5-6-7-8-9-10-11-12-13-14-15-16-17-18-19-24(2,20-22-25)21-23-26;12-11(13)10-7-3-5-8-4-1-2-6-9(8)10/h10-11,25-26H,3-9,12-23H2,1-2H3;1-7H,(H,12,13)/q+1;/p-1/b11-10-;. The first-order valence-electron chi connectivity index (χ1n) is 15.4. The van der Waals surface area contributed by atoms with Crippen molar-refractivity contribution in [2.24, 2.45) is 0 Å². The summed E-state index contributed by atoms with van der Waals surface area (Å²) in [5.74, 6) is -1.13. The summed E-state index contributed by atoms with van der Waals surface area (Å²) in [5, 5.41) is 30.7. The van der Waals surface area contributed by atoms with E-state index in [-0.39, 0.29) is 18.8 Å². The maximum atomic E-state index is 10.7. The van der Waals surface area contributed by atoms with E-state index in [1.54, 1.807) is 18.2 Å². The fraction of sp³-hybridized carbons (Fsp3) is 0.618. The maximum Gasteiger partial charge on any atom is 0.102 e. The Bertz CT molecular complexity index is 900. The first-order chi connectivity index (χ1) is 19.0. The van der Waals surface area contributed by atoms with E-state index in [1.807, 2.05) is 24.3 Å². The van der Waals surface area contributed by atoms with Gasteiger partial charge in [0.1, 0.15) is 13.1 Å². The average molecular weight is 542 g/mol. The molecular weight excluding hydrogens is 486 g/mol. The van der Waals surface area contributed by atoms with Gasteiger partial charge < -0.3 is 24.6 Å². The minimum atomic E-state index is -1.13. The van der Waals surface area contributed by atoms with Crippen molar-refractivity contribution in [2.75, 3.05) is 39.9 Å². The number of unbranched alkanes of at least 4 members (excludes halogenated alkanes) is 12. The Morgan fingerprint density at radius 2 is 1.23 bits per heavy atom. The van der Waals surface area contributed by atoms with E-state index in [1.165, 1.54) is 89.9 Å². The Hall–Kier alpha value is -2.21. The van der Waals surface area contributed by atoms with Crippen LogP contribution in [0.15, 0.2) is 54.6 Å². The molecule has 0 amide bonds. The monoisotopic (exact) mass is 541 g/mol. The molecule has 2 aromatic rings. The number of aromatic carboxylic acids is 1. The van der Waals surface area contributed by atoms with E-state index in [9.17, 15) is 9.90 Å². The Labute approximate surface area is 238 Å². The second-order valence-corrected chi connectivity index (χ2v) is 11.0. The number of hydrogen-bond donors (Lipinski definition) is 2. The number of fused-ring (bicyclic) bond motifs is 1. The van der Waals surface area contributed by atoms with Crippen molar-refractivity contribution in [1.82, 2.24) is 0 Å². The topological polar surface area (TPSA) is 80.6 Å². The van der Waals surface area contributed by atoms with E-state index in [4.69, 9.17) is 10.2 Å². The summed E-state index contributed by atoms with van der Waals surface area (Å²) in [5.41, 5.74) is 0.248. The SMILES string of the molecule is CCCCCCCC/C=C\CCCCCCCC[N+](C)(CCO)CCO.O=C([O-])c1cccc2ccccc12. The molecule has 2 aromatic carbocycles. The highest BCUT2D eigenvalue weighted by Crippen LogP contribution is 2.17. The van der Waals surface area contributed by atoms with Crippen molar-refractivity contribution >= 4 is 16.7 Å². The fourth-order valence-corrected chi connectivity index (χ4v) is 4.96. The molecule has 0 saturated heterocycles. The number of aliphatic hydroxyl groups is 2. The van der Waals surface area contributed by atoms with Crippen molar-refractivity contribution in [3.63, 3.8) is 0 Å². The summed E-state index contributed by atoms with van der Waals surface area (Å²) < 4.78 is 0.802. The highest BCUT2D eigenvalue weighted by Gasteiger charge is 2.19. The summed E-state index contributed by atoms with van der Waals surface area (Å²) in [4.78, 5) is 10.7.